The highest BCUT2D eigenvalue weighted by atomic mass is 79.9. The fourth-order valence-electron chi connectivity index (χ4n) is 1.54. The standard InChI is InChI=1S/C12H18BrClN2O/c1-12(2,3)5-9(17)7-16-11-10(13)4-8(14)6-15-11/h4,6,9,17H,5,7H2,1-3H3,(H,15,16). The Morgan fingerprint density at radius 1 is 1.53 bits per heavy atom. The topological polar surface area (TPSA) is 45.1 Å². The van der Waals surface area contributed by atoms with Crippen LogP contribution >= 0.6 is 27.5 Å². The number of aliphatic hydroxyl groups is 1. The normalized spacial score (nSPS) is 13.5. The average molecular weight is 322 g/mol. The number of pyridine rings is 1. The van der Waals surface area contributed by atoms with Crippen LogP contribution in [0.3, 0.4) is 0 Å². The Hall–Kier alpha value is -0.320. The summed E-state index contributed by atoms with van der Waals surface area (Å²) in [5, 5.41) is 13.5. The highest BCUT2D eigenvalue weighted by Crippen LogP contribution is 2.24. The number of anilines is 1. The van der Waals surface area contributed by atoms with Gasteiger partial charge in [-0.15, -0.1) is 0 Å². The van der Waals surface area contributed by atoms with Gasteiger partial charge in [-0.05, 0) is 33.8 Å². The van der Waals surface area contributed by atoms with Crippen LogP contribution < -0.4 is 5.32 Å². The number of aromatic nitrogens is 1. The van der Waals surface area contributed by atoms with Crippen molar-refractivity contribution in [1.29, 1.82) is 0 Å². The van der Waals surface area contributed by atoms with Crippen LogP contribution in [0.15, 0.2) is 16.7 Å². The van der Waals surface area contributed by atoms with Gasteiger partial charge in [0.2, 0.25) is 0 Å². The molecule has 2 N–H and O–H groups in total. The Balaban J connectivity index is 2.50. The van der Waals surface area contributed by atoms with Gasteiger partial charge in [0, 0.05) is 12.7 Å². The maximum absolute atomic E-state index is 9.86. The number of rotatable bonds is 4. The van der Waals surface area contributed by atoms with Gasteiger partial charge in [0.05, 0.1) is 15.6 Å². The molecule has 0 spiro atoms. The number of hydrogen-bond donors (Lipinski definition) is 2. The molecule has 1 aromatic heterocycles. The third kappa shape index (κ3) is 5.70. The van der Waals surface area contributed by atoms with Crippen molar-refractivity contribution in [1.82, 2.24) is 4.98 Å². The molecule has 1 aromatic rings. The zero-order chi connectivity index (χ0) is 13.1. The van der Waals surface area contributed by atoms with Gasteiger partial charge in [-0.2, -0.15) is 0 Å². The molecule has 0 aliphatic carbocycles. The molecule has 0 bridgehead atoms. The van der Waals surface area contributed by atoms with Crippen molar-refractivity contribution < 1.29 is 5.11 Å². The van der Waals surface area contributed by atoms with Crippen molar-refractivity contribution in [2.75, 3.05) is 11.9 Å². The maximum atomic E-state index is 9.86. The van der Waals surface area contributed by atoms with Crippen LogP contribution in [0.2, 0.25) is 5.02 Å². The number of nitrogens with one attached hydrogen (secondary N) is 1. The van der Waals surface area contributed by atoms with E-state index < -0.39 is 0 Å². The molecule has 5 heteroatoms. The third-order valence-electron chi connectivity index (χ3n) is 2.16. The minimum atomic E-state index is -0.389. The summed E-state index contributed by atoms with van der Waals surface area (Å²) in [5.41, 5.74) is 0.117. The van der Waals surface area contributed by atoms with Crippen LogP contribution in [0.25, 0.3) is 0 Å². The predicted molar refractivity (Wildman–Crippen MR) is 75.5 cm³/mol. The van der Waals surface area contributed by atoms with Gasteiger partial charge < -0.3 is 10.4 Å². The molecule has 1 heterocycles. The van der Waals surface area contributed by atoms with E-state index in [1.165, 1.54) is 0 Å². The fourth-order valence-corrected chi connectivity index (χ4v) is 2.32. The van der Waals surface area contributed by atoms with Crippen LogP contribution in [0.1, 0.15) is 27.2 Å². The molecule has 0 radical (unpaired) electrons. The van der Waals surface area contributed by atoms with Crippen LogP contribution in [0.4, 0.5) is 5.82 Å². The quantitative estimate of drug-likeness (QED) is 0.888. The van der Waals surface area contributed by atoms with Crippen molar-refractivity contribution in [3.05, 3.63) is 21.8 Å². The molecule has 1 unspecified atom stereocenters. The minimum Gasteiger partial charge on any atom is -0.391 e. The summed E-state index contributed by atoms with van der Waals surface area (Å²) in [6.07, 6.45) is 1.93. The van der Waals surface area contributed by atoms with E-state index in [1.54, 1.807) is 12.3 Å². The first-order chi connectivity index (χ1) is 7.78. The second-order valence-electron chi connectivity index (χ2n) is 5.28. The Morgan fingerprint density at radius 3 is 2.71 bits per heavy atom. The molecule has 0 amide bonds. The highest BCUT2D eigenvalue weighted by Gasteiger charge is 2.16. The summed E-state index contributed by atoms with van der Waals surface area (Å²) in [7, 11) is 0. The van der Waals surface area contributed by atoms with Crippen LogP contribution in [0, 0.1) is 5.41 Å². The van der Waals surface area contributed by atoms with E-state index >= 15 is 0 Å². The first-order valence-corrected chi connectivity index (χ1v) is 6.68. The van der Waals surface area contributed by atoms with Crippen LogP contribution in [-0.2, 0) is 0 Å². The summed E-state index contributed by atoms with van der Waals surface area (Å²) in [4.78, 5) is 4.15. The predicted octanol–water partition coefficient (Wildman–Crippen LogP) is 3.71. The molecule has 0 saturated heterocycles. The first-order valence-electron chi connectivity index (χ1n) is 5.51. The van der Waals surface area contributed by atoms with E-state index in [1.807, 2.05) is 0 Å². The van der Waals surface area contributed by atoms with Gasteiger partial charge in [0.1, 0.15) is 5.82 Å². The van der Waals surface area contributed by atoms with Crippen LogP contribution in [-0.4, -0.2) is 22.7 Å². The molecule has 1 atom stereocenters. The maximum Gasteiger partial charge on any atom is 0.140 e. The summed E-state index contributed by atoms with van der Waals surface area (Å²) in [5.74, 6) is 0.697. The van der Waals surface area contributed by atoms with Gasteiger partial charge >= 0.3 is 0 Å². The summed E-state index contributed by atoms with van der Waals surface area (Å²) in [6, 6.07) is 1.77. The molecule has 0 saturated carbocycles. The lowest BCUT2D eigenvalue weighted by molar-refractivity contribution is 0.132. The lowest BCUT2D eigenvalue weighted by Gasteiger charge is -2.22. The second-order valence-corrected chi connectivity index (χ2v) is 6.57. The zero-order valence-corrected chi connectivity index (χ0v) is 12.6. The molecular formula is C12H18BrClN2O. The van der Waals surface area contributed by atoms with Crippen molar-refractivity contribution >= 4 is 33.3 Å². The molecule has 0 aliphatic rings. The number of nitrogens with zero attached hydrogens (tertiary/aromatic N) is 1. The smallest absolute Gasteiger partial charge is 0.140 e. The van der Waals surface area contributed by atoms with Crippen molar-refractivity contribution in [2.45, 2.75) is 33.3 Å². The van der Waals surface area contributed by atoms with Gasteiger partial charge in [-0.3, -0.25) is 0 Å². The van der Waals surface area contributed by atoms with E-state index in [0.717, 1.165) is 10.9 Å². The lowest BCUT2D eigenvalue weighted by atomic mass is 9.89. The lowest BCUT2D eigenvalue weighted by Crippen LogP contribution is -2.25. The molecule has 1 rings (SSSR count). The minimum absolute atomic E-state index is 0.117. The van der Waals surface area contributed by atoms with E-state index in [4.69, 9.17) is 11.6 Å². The zero-order valence-electron chi connectivity index (χ0n) is 10.3. The largest absolute Gasteiger partial charge is 0.391 e. The van der Waals surface area contributed by atoms with Gasteiger partial charge in [-0.25, -0.2) is 4.98 Å². The van der Waals surface area contributed by atoms with Crippen molar-refractivity contribution in [3.63, 3.8) is 0 Å². The van der Waals surface area contributed by atoms with E-state index in [0.29, 0.717) is 17.4 Å². The number of halogens is 2. The molecule has 17 heavy (non-hydrogen) atoms. The first kappa shape index (κ1) is 14.7. The molecule has 0 aromatic carbocycles. The van der Waals surface area contributed by atoms with E-state index in [-0.39, 0.29) is 11.5 Å². The van der Waals surface area contributed by atoms with E-state index in [2.05, 4.69) is 47.0 Å². The van der Waals surface area contributed by atoms with Crippen molar-refractivity contribution in [3.8, 4) is 0 Å². The average Bonchev–Trinajstić information content (AvgIpc) is 2.13. The van der Waals surface area contributed by atoms with Gasteiger partial charge in [0.15, 0.2) is 0 Å². The summed E-state index contributed by atoms with van der Waals surface area (Å²) >= 11 is 9.16. The second kappa shape index (κ2) is 6.03. The Kier molecular flexibility index (Phi) is 5.22. The van der Waals surface area contributed by atoms with Gasteiger partial charge in [-0.1, -0.05) is 32.4 Å². The molecule has 0 fully saturated rings. The molecular weight excluding hydrogens is 304 g/mol. The summed E-state index contributed by atoms with van der Waals surface area (Å²) in [6.45, 7) is 6.79. The number of hydrogen-bond acceptors (Lipinski definition) is 3. The molecule has 3 nitrogen and oxygen atoms in total. The van der Waals surface area contributed by atoms with Crippen LogP contribution in [0.5, 0.6) is 0 Å². The van der Waals surface area contributed by atoms with Crippen molar-refractivity contribution in [2.24, 2.45) is 5.41 Å². The third-order valence-corrected chi connectivity index (χ3v) is 2.97. The highest BCUT2D eigenvalue weighted by molar-refractivity contribution is 9.10. The Labute approximate surface area is 116 Å². The van der Waals surface area contributed by atoms with E-state index in [9.17, 15) is 5.11 Å². The molecule has 0 aliphatic heterocycles. The Bertz CT molecular complexity index is 379. The fraction of sp³-hybridized carbons (Fsp3) is 0.583. The SMILES string of the molecule is CC(C)(C)CC(O)CNc1ncc(Cl)cc1Br. The monoisotopic (exact) mass is 320 g/mol. The summed E-state index contributed by atoms with van der Waals surface area (Å²) < 4.78 is 0.799. The number of aliphatic hydroxyl groups excluding tert-OH is 1. The Morgan fingerprint density at radius 2 is 2.18 bits per heavy atom. The van der Waals surface area contributed by atoms with Gasteiger partial charge in [0.25, 0.3) is 0 Å². The molecule has 96 valence electrons.